The molecule has 1 aliphatic heterocycles. The lowest BCUT2D eigenvalue weighted by Crippen LogP contribution is -2.39. The van der Waals surface area contributed by atoms with Crippen LogP contribution in [0.15, 0.2) is 14.7 Å². The summed E-state index contributed by atoms with van der Waals surface area (Å²) in [5.74, 6) is 0.384. The zero-order valence-corrected chi connectivity index (χ0v) is 14.7. The normalized spacial score (nSPS) is 21.2. The predicted molar refractivity (Wildman–Crippen MR) is 85.3 cm³/mol. The van der Waals surface area contributed by atoms with Gasteiger partial charge < -0.3 is 10.6 Å². The first-order valence-corrected chi connectivity index (χ1v) is 9.68. The van der Waals surface area contributed by atoms with Crippen LogP contribution >= 0.6 is 27.3 Å². The Morgan fingerprint density at radius 1 is 1.60 bits per heavy atom. The van der Waals surface area contributed by atoms with Gasteiger partial charge in [-0.3, -0.25) is 0 Å². The molecular formula is C12H20BrN3O2S2. The molecule has 1 aliphatic rings. The molecule has 1 fully saturated rings. The van der Waals surface area contributed by atoms with E-state index in [4.69, 9.17) is 5.73 Å². The van der Waals surface area contributed by atoms with Crippen molar-refractivity contribution < 1.29 is 8.42 Å². The fourth-order valence-electron chi connectivity index (χ4n) is 2.43. The molecule has 1 atom stereocenters. The number of hydrogen-bond donors (Lipinski definition) is 2. The van der Waals surface area contributed by atoms with Crippen LogP contribution < -0.4 is 10.5 Å². The zero-order chi connectivity index (χ0) is 14.8. The fraction of sp³-hybridized carbons (Fsp3) is 0.667. The highest BCUT2D eigenvalue weighted by atomic mass is 79.9. The monoisotopic (exact) mass is 381 g/mol. The molecule has 0 aromatic carbocycles. The summed E-state index contributed by atoms with van der Waals surface area (Å²) in [4.78, 5) is 3.40. The molecule has 0 amide bonds. The molecule has 0 saturated carbocycles. The molecule has 3 N–H and O–H groups in total. The largest absolute Gasteiger partial charge is 0.326 e. The Kier molecular flexibility index (Phi) is 5.61. The Morgan fingerprint density at radius 3 is 2.95 bits per heavy atom. The molecule has 0 radical (unpaired) electrons. The maximum absolute atomic E-state index is 12.3. The van der Waals surface area contributed by atoms with Gasteiger partial charge in [0.2, 0.25) is 10.0 Å². The molecule has 1 saturated heterocycles. The number of nitrogens with one attached hydrogen (secondary N) is 1. The average molecular weight is 382 g/mol. The van der Waals surface area contributed by atoms with Crippen molar-refractivity contribution >= 4 is 37.3 Å². The molecule has 1 aromatic rings. The van der Waals surface area contributed by atoms with Gasteiger partial charge in [-0.1, -0.05) is 0 Å². The van der Waals surface area contributed by atoms with E-state index in [0.29, 0.717) is 27.7 Å². The Morgan fingerprint density at radius 2 is 2.35 bits per heavy atom. The third-order valence-electron chi connectivity index (χ3n) is 3.48. The molecule has 0 aliphatic carbocycles. The number of halogens is 1. The SMILES string of the molecule is CN1CCCC(CNS(=O)(=O)c2cc(CN)sc2Br)C1. The van der Waals surface area contributed by atoms with Crippen LogP contribution in [0.25, 0.3) is 0 Å². The molecule has 8 heteroatoms. The van der Waals surface area contributed by atoms with Crippen LogP contribution in [0.1, 0.15) is 17.7 Å². The van der Waals surface area contributed by atoms with Gasteiger partial charge in [0.25, 0.3) is 0 Å². The third kappa shape index (κ3) is 4.02. The topological polar surface area (TPSA) is 75.4 Å². The number of likely N-dealkylation sites (tertiary alicyclic amines) is 1. The van der Waals surface area contributed by atoms with Gasteiger partial charge in [0.15, 0.2) is 0 Å². The summed E-state index contributed by atoms with van der Waals surface area (Å²) in [6.45, 7) is 2.89. The summed E-state index contributed by atoms with van der Waals surface area (Å²) in [7, 11) is -1.38. The van der Waals surface area contributed by atoms with E-state index in [-0.39, 0.29) is 0 Å². The Balaban J connectivity index is 2.01. The Bertz CT molecular complexity index is 559. The van der Waals surface area contributed by atoms with Gasteiger partial charge in [0.05, 0.1) is 3.79 Å². The van der Waals surface area contributed by atoms with Gasteiger partial charge in [-0.2, -0.15) is 0 Å². The predicted octanol–water partition coefficient (Wildman–Crippen LogP) is 1.59. The summed E-state index contributed by atoms with van der Waals surface area (Å²) >= 11 is 4.67. The van der Waals surface area contributed by atoms with Gasteiger partial charge >= 0.3 is 0 Å². The summed E-state index contributed by atoms with van der Waals surface area (Å²) in [5.41, 5.74) is 5.55. The lowest BCUT2D eigenvalue weighted by Gasteiger charge is -2.29. The van der Waals surface area contributed by atoms with Crippen molar-refractivity contribution in [2.75, 3.05) is 26.7 Å². The standard InChI is InChI=1S/C12H20BrN3O2S2/c1-16-4-2-3-9(8-16)7-15-20(17,18)11-5-10(6-14)19-12(11)13/h5,9,15H,2-4,6-8,14H2,1H3. The summed E-state index contributed by atoms with van der Waals surface area (Å²) < 4.78 is 28.0. The van der Waals surface area contributed by atoms with Crippen LogP contribution in [0.4, 0.5) is 0 Å². The fourth-order valence-corrected chi connectivity index (χ4v) is 6.10. The molecule has 2 rings (SSSR count). The molecule has 5 nitrogen and oxygen atoms in total. The van der Waals surface area contributed by atoms with Gasteiger partial charge in [0, 0.05) is 24.5 Å². The second kappa shape index (κ2) is 6.85. The number of rotatable bonds is 5. The highest BCUT2D eigenvalue weighted by molar-refractivity contribution is 9.11. The second-order valence-corrected chi connectivity index (χ2v) is 9.37. The van der Waals surface area contributed by atoms with Crippen LogP contribution in [0, 0.1) is 5.92 Å². The van der Waals surface area contributed by atoms with E-state index < -0.39 is 10.0 Å². The molecule has 114 valence electrons. The van der Waals surface area contributed by atoms with Crippen LogP contribution in [0.5, 0.6) is 0 Å². The Hall–Kier alpha value is 0.01000. The van der Waals surface area contributed by atoms with E-state index in [1.165, 1.54) is 11.3 Å². The van der Waals surface area contributed by atoms with Crippen molar-refractivity contribution in [3.8, 4) is 0 Å². The molecular weight excluding hydrogens is 362 g/mol. The first kappa shape index (κ1) is 16.4. The quantitative estimate of drug-likeness (QED) is 0.811. The summed E-state index contributed by atoms with van der Waals surface area (Å²) in [6, 6.07) is 1.64. The first-order valence-electron chi connectivity index (χ1n) is 6.59. The number of nitrogens with zero attached hydrogens (tertiary/aromatic N) is 1. The van der Waals surface area contributed by atoms with Crippen LogP contribution in [0.3, 0.4) is 0 Å². The van der Waals surface area contributed by atoms with E-state index in [9.17, 15) is 8.42 Å². The van der Waals surface area contributed by atoms with Crippen molar-refractivity contribution in [2.24, 2.45) is 11.7 Å². The van der Waals surface area contributed by atoms with Crippen LogP contribution in [-0.2, 0) is 16.6 Å². The van der Waals surface area contributed by atoms with Crippen molar-refractivity contribution in [1.82, 2.24) is 9.62 Å². The highest BCUT2D eigenvalue weighted by Gasteiger charge is 2.23. The van der Waals surface area contributed by atoms with Gasteiger partial charge in [0.1, 0.15) is 4.90 Å². The maximum Gasteiger partial charge on any atom is 0.242 e. The van der Waals surface area contributed by atoms with Crippen LogP contribution in [-0.4, -0.2) is 40.0 Å². The first-order chi connectivity index (χ1) is 9.42. The molecule has 1 unspecified atom stereocenters. The van der Waals surface area contributed by atoms with Crippen LogP contribution in [0.2, 0.25) is 0 Å². The van der Waals surface area contributed by atoms with E-state index in [2.05, 4.69) is 32.6 Å². The van der Waals surface area contributed by atoms with Crippen molar-refractivity contribution in [2.45, 2.75) is 24.3 Å². The van der Waals surface area contributed by atoms with Crippen molar-refractivity contribution in [3.63, 3.8) is 0 Å². The number of sulfonamides is 1. The average Bonchev–Trinajstić information content (AvgIpc) is 2.79. The van der Waals surface area contributed by atoms with E-state index in [1.807, 2.05) is 0 Å². The van der Waals surface area contributed by atoms with E-state index in [0.717, 1.165) is 30.8 Å². The summed E-state index contributed by atoms with van der Waals surface area (Å²) in [6.07, 6.45) is 2.20. The van der Waals surface area contributed by atoms with E-state index >= 15 is 0 Å². The number of nitrogens with two attached hydrogens (primary N) is 1. The van der Waals surface area contributed by atoms with Gasteiger partial charge in [-0.15, -0.1) is 11.3 Å². The number of thiophene rings is 1. The lowest BCUT2D eigenvalue weighted by molar-refractivity contribution is 0.211. The van der Waals surface area contributed by atoms with Gasteiger partial charge in [-0.25, -0.2) is 13.1 Å². The molecule has 20 heavy (non-hydrogen) atoms. The second-order valence-electron chi connectivity index (χ2n) is 5.18. The van der Waals surface area contributed by atoms with Gasteiger partial charge in [-0.05, 0) is 54.3 Å². The number of hydrogen-bond acceptors (Lipinski definition) is 5. The van der Waals surface area contributed by atoms with E-state index in [1.54, 1.807) is 6.07 Å². The molecule has 0 spiro atoms. The Labute approximate surface area is 132 Å². The molecule has 0 bridgehead atoms. The highest BCUT2D eigenvalue weighted by Crippen LogP contribution is 2.31. The minimum atomic E-state index is -3.46. The zero-order valence-electron chi connectivity index (χ0n) is 11.4. The smallest absolute Gasteiger partial charge is 0.242 e. The number of piperidine rings is 1. The van der Waals surface area contributed by atoms with Crippen molar-refractivity contribution in [1.29, 1.82) is 0 Å². The molecule has 2 heterocycles. The molecule has 1 aromatic heterocycles. The third-order valence-corrected chi connectivity index (χ3v) is 7.18. The minimum absolute atomic E-state index is 0.298. The minimum Gasteiger partial charge on any atom is -0.326 e. The maximum atomic E-state index is 12.3. The lowest BCUT2D eigenvalue weighted by atomic mass is 9.99. The van der Waals surface area contributed by atoms with Crippen molar-refractivity contribution in [3.05, 3.63) is 14.7 Å². The summed E-state index contributed by atoms with van der Waals surface area (Å²) in [5, 5.41) is 0.